The zero-order valence-electron chi connectivity index (χ0n) is 17.4. The first kappa shape index (κ1) is 22.5. The summed E-state index contributed by atoms with van der Waals surface area (Å²) < 4.78 is 28.2. The first-order chi connectivity index (χ1) is 15.9. The lowest BCUT2D eigenvalue weighted by Gasteiger charge is -2.19. The second kappa shape index (κ2) is 9.85. The second-order valence-corrected chi connectivity index (χ2v) is 9.27. The molecule has 0 saturated carbocycles. The molecule has 4 aromatic rings. The van der Waals surface area contributed by atoms with Crippen molar-refractivity contribution in [3.05, 3.63) is 125 Å². The minimum absolute atomic E-state index is 0.0517. The fourth-order valence-corrected chi connectivity index (χ4v) is 4.65. The fourth-order valence-electron chi connectivity index (χ4n) is 3.29. The van der Waals surface area contributed by atoms with Crippen molar-refractivity contribution in [1.29, 1.82) is 0 Å². The molecule has 8 heteroatoms. The molecule has 0 bridgehead atoms. The minimum Gasteiger partial charge on any atom is -0.340 e. The smallest absolute Gasteiger partial charge is 0.261 e. The van der Waals surface area contributed by atoms with Crippen LogP contribution in [0.3, 0.4) is 0 Å². The molecule has 0 spiro atoms. The van der Waals surface area contributed by atoms with Crippen molar-refractivity contribution >= 4 is 33.2 Å². The summed E-state index contributed by atoms with van der Waals surface area (Å²) in [7, 11) is -3.95. The predicted octanol–water partition coefficient (Wildman–Crippen LogP) is 5.06. The van der Waals surface area contributed by atoms with Crippen LogP contribution in [-0.4, -0.2) is 19.3 Å². The number of para-hydroxylation sites is 1. The summed E-state index contributed by atoms with van der Waals surface area (Å²) >= 11 is 6.08. The van der Waals surface area contributed by atoms with Gasteiger partial charge in [-0.3, -0.25) is 14.5 Å². The van der Waals surface area contributed by atoms with E-state index in [1.165, 1.54) is 18.2 Å². The van der Waals surface area contributed by atoms with Gasteiger partial charge < -0.3 is 5.32 Å². The van der Waals surface area contributed by atoms with Gasteiger partial charge in [-0.2, -0.15) is 0 Å². The Labute approximate surface area is 197 Å². The molecule has 0 aliphatic carbocycles. The molecule has 1 atom stereocenters. The molecule has 6 nitrogen and oxygen atoms in total. The highest BCUT2D eigenvalue weighted by Gasteiger charge is 2.21. The van der Waals surface area contributed by atoms with Gasteiger partial charge in [-0.25, -0.2) is 8.42 Å². The normalized spacial score (nSPS) is 12.0. The Balaban J connectivity index is 1.61. The molecule has 1 unspecified atom stereocenters. The molecule has 0 aliphatic heterocycles. The van der Waals surface area contributed by atoms with Gasteiger partial charge in [0.2, 0.25) is 0 Å². The Morgan fingerprint density at radius 1 is 0.848 bits per heavy atom. The number of halogens is 1. The van der Waals surface area contributed by atoms with Gasteiger partial charge in [0, 0.05) is 11.8 Å². The van der Waals surface area contributed by atoms with Gasteiger partial charge in [0.15, 0.2) is 0 Å². The van der Waals surface area contributed by atoms with Crippen LogP contribution < -0.4 is 10.0 Å². The summed E-state index contributed by atoms with van der Waals surface area (Å²) in [6.45, 7) is 0. The van der Waals surface area contributed by atoms with Crippen LogP contribution >= 0.6 is 11.6 Å². The van der Waals surface area contributed by atoms with Crippen molar-refractivity contribution in [2.24, 2.45) is 0 Å². The maximum Gasteiger partial charge on any atom is 0.261 e. The van der Waals surface area contributed by atoms with E-state index in [-0.39, 0.29) is 21.2 Å². The number of anilines is 1. The van der Waals surface area contributed by atoms with Crippen LogP contribution in [0.4, 0.5) is 5.69 Å². The van der Waals surface area contributed by atoms with Gasteiger partial charge in [-0.1, -0.05) is 66.2 Å². The van der Waals surface area contributed by atoms with E-state index in [1.807, 2.05) is 42.5 Å². The number of hydrogen-bond acceptors (Lipinski definition) is 4. The number of pyridine rings is 1. The standard InChI is InChI=1S/C25H20ClN3O3S/c26-21-13-4-5-14-22(21)29-33(31,32)20-12-8-11-19(17-20)25(30)28-24(18-9-2-1-3-10-18)23-15-6-7-16-27-23/h1-17,24,29H,(H,28,30). The van der Waals surface area contributed by atoms with Crippen molar-refractivity contribution in [2.45, 2.75) is 10.9 Å². The first-order valence-corrected chi connectivity index (χ1v) is 11.9. The van der Waals surface area contributed by atoms with Gasteiger partial charge in [-0.05, 0) is 48.0 Å². The van der Waals surface area contributed by atoms with E-state index in [4.69, 9.17) is 11.6 Å². The summed E-state index contributed by atoms with van der Waals surface area (Å²) in [4.78, 5) is 17.4. The molecule has 0 fully saturated rings. The zero-order chi connectivity index (χ0) is 23.3. The number of nitrogens with zero attached hydrogens (tertiary/aromatic N) is 1. The van der Waals surface area contributed by atoms with Crippen LogP contribution in [0.2, 0.25) is 5.02 Å². The molecule has 166 valence electrons. The Kier molecular flexibility index (Phi) is 6.72. The quantitative estimate of drug-likeness (QED) is 0.389. The number of nitrogens with one attached hydrogen (secondary N) is 2. The van der Waals surface area contributed by atoms with Gasteiger partial charge in [0.05, 0.1) is 27.3 Å². The third kappa shape index (κ3) is 5.39. The number of aromatic nitrogens is 1. The number of amides is 1. The van der Waals surface area contributed by atoms with E-state index >= 15 is 0 Å². The predicted molar refractivity (Wildman–Crippen MR) is 129 cm³/mol. The lowest BCUT2D eigenvalue weighted by atomic mass is 10.0. The SMILES string of the molecule is O=C(NC(c1ccccc1)c1ccccn1)c1cccc(S(=O)(=O)Nc2ccccc2Cl)c1. The lowest BCUT2D eigenvalue weighted by Crippen LogP contribution is -2.30. The number of sulfonamides is 1. The maximum absolute atomic E-state index is 13.1. The number of hydrogen-bond donors (Lipinski definition) is 2. The number of carbonyl (C=O) groups excluding carboxylic acids is 1. The number of benzene rings is 3. The molecule has 4 rings (SSSR count). The Bertz CT molecular complexity index is 1320. The number of rotatable bonds is 7. The second-order valence-electron chi connectivity index (χ2n) is 7.18. The summed E-state index contributed by atoms with van der Waals surface area (Å²) in [5.74, 6) is -0.427. The van der Waals surface area contributed by atoms with E-state index < -0.39 is 22.0 Å². The summed E-state index contributed by atoms with van der Waals surface area (Å²) in [5, 5.41) is 3.24. The zero-order valence-corrected chi connectivity index (χ0v) is 18.9. The molecule has 1 aromatic heterocycles. The monoisotopic (exact) mass is 477 g/mol. The molecule has 3 aromatic carbocycles. The first-order valence-electron chi connectivity index (χ1n) is 10.1. The van der Waals surface area contributed by atoms with Crippen molar-refractivity contribution in [3.63, 3.8) is 0 Å². The molecule has 0 radical (unpaired) electrons. The molecule has 0 aliphatic rings. The van der Waals surface area contributed by atoms with Crippen LogP contribution in [0, 0.1) is 0 Å². The topological polar surface area (TPSA) is 88.2 Å². The summed E-state index contributed by atoms with van der Waals surface area (Å²) in [6.07, 6.45) is 1.66. The van der Waals surface area contributed by atoms with Crippen LogP contribution in [0.1, 0.15) is 27.7 Å². The Morgan fingerprint density at radius 3 is 2.30 bits per heavy atom. The largest absolute Gasteiger partial charge is 0.340 e. The van der Waals surface area contributed by atoms with Crippen molar-refractivity contribution in [1.82, 2.24) is 10.3 Å². The maximum atomic E-state index is 13.1. The average Bonchev–Trinajstić information content (AvgIpc) is 2.85. The summed E-state index contributed by atoms with van der Waals surface area (Å²) in [6, 6.07) is 26.8. The van der Waals surface area contributed by atoms with Gasteiger partial charge in [-0.15, -0.1) is 0 Å². The van der Waals surface area contributed by atoms with Crippen LogP contribution in [0.5, 0.6) is 0 Å². The van der Waals surface area contributed by atoms with Crippen molar-refractivity contribution in [3.8, 4) is 0 Å². The summed E-state index contributed by atoms with van der Waals surface area (Å²) in [5.41, 5.74) is 1.98. The molecule has 1 heterocycles. The molecule has 33 heavy (non-hydrogen) atoms. The van der Waals surface area contributed by atoms with Crippen LogP contribution in [0.15, 0.2) is 108 Å². The molecule has 2 N–H and O–H groups in total. The van der Waals surface area contributed by atoms with E-state index in [1.54, 1.807) is 42.6 Å². The third-order valence-electron chi connectivity index (χ3n) is 4.92. The van der Waals surface area contributed by atoms with Crippen LogP contribution in [0.25, 0.3) is 0 Å². The third-order valence-corrected chi connectivity index (χ3v) is 6.61. The van der Waals surface area contributed by atoms with Gasteiger partial charge in [0.1, 0.15) is 0 Å². The van der Waals surface area contributed by atoms with Crippen LogP contribution in [-0.2, 0) is 10.0 Å². The van der Waals surface area contributed by atoms with E-state index in [0.717, 1.165) is 5.56 Å². The number of carbonyl (C=O) groups is 1. The Hall–Kier alpha value is -3.68. The fraction of sp³-hybridized carbons (Fsp3) is 0.0400. The highest BCUT2D eigenvalue weighted by atomic mass is 35.5. The van der Waals surface area contributed by atoms with E-state index in [0.29, 0.717) is 5.69 Å². The van der Waals surface area contributed by atoms with Gasteiger partial charge >= 0.3 is 0 Å². The van der Waals surface area contributed by atoms with E-state index in [9.17, 15) is 13.2 Å². The molecule has 0 saturated heterocycles. The van der Waals surface area contributed by atoms with Crippen molar-refractivity contribution in [2.75, 3.05) is 4.72 Å². The van der Waals surface area contributed by atoms with Crippen molar-refractivity contribution < 1.29 is 13.2 Å². The van der Waals surface area contributed by atoms with Gasteiger partial charge in [0.25, 0.3) is 15.9 Å². The highest BCUT2D eigenvalue weighted by Crippen LogP contribution is 2.25. The molecular formula is C25H20ClN3O3S. The molecular weight excluding hydrogens is 458 g/mol. The average molecular weight is 478 g/mol. The molecule has 1 amide bonds. The minimum atomic E-state index is -3.95. The van der Waals surface area contributed by atoms with E-state index in [2.05, 4.69) is 15.0 Å². The lowest BCUT2D eigenvalue weighted by molar-refractivity contribution is 0.0942. The highest BCUT2D eigenvalue weighted by molar-refractivity contribution is 7.92. The Morgan fingerprint density at radius 2 is 1.58 bits per heavy atom.